The number of carbonyl (C=O) groups excluding carboxylic acids is 1. The van der Waals surface area contributed by atoms with Crippen molar-refractivity contribution in [1.29, 1.82) is 0 Å². The summed E-state index contributed by atoms with van der Waals surface area (Å²) in [5.74, 6) is -1.23. The van der Waals surface area contributed by atoms with E-state index in [9.17, 15) is 9.18 Å². The molecule has 0 unspecified atom stereocenters. The van der Waals surface area contributed by atoms with Gasteiger partial charge in [0.1, 0.15) is 0 Å². The summed E-state index contributed by atoms with van der Waals surface area (Å²) in [4.78, 5) is 11.6. The quantitative estimate of drug-likeness (QED) is 0.893. The van der Waals surface area contributed by atoms with Crippen LogP contribution in [0.25, 0.3) is 0 Å². The van der Waals surface area contributed by atoms with Crippen LogP contribution in [0.15, 0.2) is 18.2 Å². The lowest BCUT2D eigenvalue weighted by molar-refractivity contribution is 0.0942. The molecule has 1 aromatic carbocycles. The monoisotopic (exact) mass is 280 g/mol. The average molecular weight is 281 g/mol. The highest BCUT2D eigenvalue weighted by Crippen LogP contribution is 2.17. The standard InChI is InChI=1S/C11H14ClFN2O.ClH/c1-11(2,14)6-15-10(16)7-4-3-5-8(12)9(7)13;/h3-5H,6,14H2,1-2H3,(H,15,16);1H. The molecule has 96 valence electrons. The molecule has 1 amide bonds. The van der Waals surface area contributed by atoms with Crippen LogP contribution < -0.4 is 11.1 Å². The maximum atomic E-state index is 13.4. The number of rotatable bonds is 3. The second kappa shape index (κ2) is 6.19. The minimum atomic E-state index is -0.712. The second-order valence-corrected chi connectivity index (χ2v) is 4.68. The third kappa shape index (κ3) is 4.89. The van der Waals surface area contributed by atoms with E-state index in [1.165, 1.54) is 18.2 Å². The van der Waals surface area contributed by atoms with Gasteiger partial charge in [0, 0.05) is 12.1 Å². The first kappa shape index (κ1) is 16.2. The first-order valence-corrected chi connectivity index (χ1v) is 5.20. The minimum Gasteiger partial charge on any atom is -0.350 e. The molecular weight excluding hydrogens is 266 g/mol. The Balaban J connectivity index is 0.00000256. The molecule has 0 saturated heterocycles. The summed E-state index contributed by atoms with van der Waals surface area (Å²) in [5, 5.41) is 2.47. The number of halogens is 3. The number of hydrogen-bond donors (Lipinski definition) is 2. The fourth-order valence-corrected chi connectivity index (χ4v) is 1.26. The first-order chi connectivity index (χ1) is 7.31. The highest BCUT2D eigenvalue weighted by molar-refractivity contribution is 6.31. The molecule has 0 bridgehead atoms. The zero-order chi connectivity index (χ0) is 12.3. The maximum Gasteiger partial charge on any atom is 0.254 e. The number of carbonyl (C=O) groups is 1. The molecule has 0 radical (unpaired) electrons. The van der Waals surface area contributed by atoms with E-state index in [0.29, 0.717) is 0 Å². The van der Waals surface area contributed by atoms with Gasteiger partial charge in [0.25, 0.3) is 5.91 Å². The van der Waals surface area contributed by atoms with Gasteiger partial charge in [-0.25, -0.2) is 4.39 Å². The summed E-state index contributed by atoms with van der Waals surface area (Å²) in [6.07, 6.45) is 0. The van der Waals surface area contributed by atoms with Crippen LogP contribution in [0.1, 0.15) is 24.2 Å². The Morgan fingerprint density at radius 3 is 2.65 bits per heavy atom. The van der Waals surface area contributed by atoms with Gasteiger partial charge in [-0.2, -0.15) is 0 Å². The lowest BCUT2D eigenvalue weighted by Gasteiger charge is -2.19. The third-order valence-electron chi connectivity index (χ3n) is 1.90. The summed E-state index contributed by atoms with van der Waals surface area (Å²) < 4.78 is 13.4. The predicted molar refractivity (Wildman–Crippen MR) is 69.3 cm³/mol. The van der Waals surface area contributed by atoms with E-state index in [0.717, 1.165) is 0 Å². The van der Waals surface area contributed by atoms with Crippen LogP contribution in [0.5, 0.6) is 0 Å². The Morgan fingerprint density at radius 1 is 1.53 bits per heavy atom. The van der Waals surface area contributed by atoms with E-state index < -0.39 is 17.3 Å². The normalized spacial score (nSPS) is 10.6. The minimum absolute atomic E-state index is 0. The lowest BCUT2D eigenvalue weighted by Crippen LogP contribution is -2.45. The van der Waals surface area contributed by atoms with Crippen LogP contribution in [-0.4, -0.2) is 18.0 Å². The summed E-state index contributed by atoms with van der Waals surface area (Å²) >= 11 is 5.57. The van der Waals surface area contributed by atoms with Crippen molar-refractivity contribution in [2.24, 2.45) is 5.73 Å². The van der Waals surface area contributed by atoms with E-state index in [2.05, 4.69) is 5.32 Å². The highest BCUT2D eigenvalue weighted by atomic mass is 35.5. The van der Waals surface area contributed by atoms with E-state index in [1.54, 1.807) is 13.8 Å². The smallest absolute Gasteiger partial charge is 0.254 e. The number of nitrogens with two attached hydrogens (primary N) is 1. The van der Waals surface area contributed by atoms with Crippen molar-refractivity contribution < 1.29 is 9.18 Å². The van der Waals surface area contributed by atoms with Gasteiger partial charge in [-0.15, -0.1) is 12.4 Å². The molecule has 0 saturated carbocycles. The molecule has 3 nitrogen and oxygen atoms in total. The van der Waals surface area contributed by atoms with Gasteiger partial charge in [0.2, 0.25) is 0 Å². The van der Waals surface area contributed by atoms with Gasteiger partial charge < -0.3 is 11.1 Å². The third-order valence-corrected chi connectivity index (χ3v) is 2.19. The van der Waals surface area contributed by atoms with Crippen LogP contribution in [0, 0.1) is 5.82 Å². The van der Waals surface area contributed by atoms with E-state index >= 15 is 0 Å². The molecule has 17 heavy (non-hydrogen) atoms. The summed E-state index contributed by atoms with van der Waals surface area (Å²) in [6, 6.07) is 4.29. The van der Waals surface area contributed by atoms with Gasteiger partial charge in [0.15, 0.2) is 5.82 Å². The number of nitrogens with one attached hydrogen (secondary N) is 1. The summed E-state index contributed by atoms with van der Waals surface area (Å²) in [7, 11) is 0. The molecule has 0 spiro atoms. The van der Waals surface area contributed by atoms with Crippen LogP contribution in [0.2, 0.25) is 5.02 Å². The molecule has 0 heterocycles. The molecule has 1 rings (SSSR count). The maximum absolute atomic E-state index is 13.4. The zero-order valence-electron chi connectivity index (χ0n) is 9.59. The molecule has 6 heteroatoms. The lowest BCUT2D eigenvalue weighted by atomic mass is 10.1. The van der Waals surface area contributed by atoms with Crippen molar-refractivity contribution in [2.75, 3.05) is 6.54 Å². The van der Waals surface area contributed by atoms with Crippen LogP contribution in [0.4, 0.5) is 4.39 Å². The molecule has 0 aromatic heterocycles. The molecule has 0 aliphatic rings. The van der Waals surface area contributed by atoms with Crippen molar-refractivity contribution >= 4 is 29.9 Å². The Bertz CT molecular complexity index is 405. The van der Waals surface area contributed by atoms with Gasteiger partial charge in [-0.05, 0) is 26.0 Å². The molecule has 0 atom stereocenters. The Kier molecular flexibility index (Phi) is 5.88. The fourth-order valence-electron chi connectivity index (χ4n) is 1.08. The van der Waals surface area contributed by atoms with Gasteiger partial charge in [-0.3, -0.25) is 4.79 Å². The first-order valence-electron chi connectivity index (χ1n) is 4.82. The highest BCUT2D eigenvalue weighted by Gasteiger charge is 2.17. The molecule has 0 aliphatic heterocycles. The SMILES string of the molecule is CC(C)(N)CNC(=O)c1cccc(Cl)c1F.Cl. The molecular formula is C11H15Cl2FN2O. The van der Waals surface area contributed by atoms with Gasteiger partial charge >= 0.3 is 0 Å². The van der Waals surface area contributed by atoms with E-state index in [4.69, 9.17) is 17.3 Å². The number of hydrogen-bond acceptors (Lipinski definition) is 2. The molecule has 0 aliphatic carbocycles. The molecule has 1 aromatic rings. The largest absolute Gasteiger partial charge is 0.350 e. The Labute approximate surface area is 111 Å². The summed E-state index contributed by atoms with van der Waals surface area (Å²) in [6.45, 7) is 3.79. The summed E-state index contributed by atoms with van der Waals surface area (Å²) in [5.41, 5.74) is 5.09. The predicted octanol–water partition coefficient (Wildman–Crippen LogP) is 2.37. The second-order valence-electron chi connectivity index (χ2n) is 4.27. The van der Waals surface area contributed by atoms with Gasteiger partial charge in [0.05, 0.1) is 10.6 Å². The van der Waals surface area contributed by atoms with Crippen LogP contribution >= 0.6 is 24.0 Å². The molecule has 3 N–H and O–H groups in total. The van der Waals surface area contributed by atoms with Crippen molar-refractivity contribution in [3.63, 3.8) is 0 Å². The topological polar surface area (TPSA) is 55.1 Å². The van der Waals surface area contributed by atoms with Crippen molar-refractivity contribution in [3.8, 4) is 0 Å². The average Bonchev–Trinajstić information content (AvgIpc) is 2.17. The van der Waals surface area contributed by atoms with E-state index in [1.807, 2.05) is 0 Å². The van der Waals surface area contributed by atoms with Crippen LogP contribution in [-0.2, 0) is 0 Å². The Hall–Kier alpha value is -0.840. The van der Waals surface area contributed by atoms with Crippen molar-refractivity contribution in [3.05, 3.63) is 34.6 Å². The fraction of sp³-hybridized carbons (Fsp3) is 0.364. The van der Waals surface area contributed by atoms with Gasteiger partial charge in [-0.1, -0.05) is 17.7 Å². The van der Waals surface area contributed by atoms with E-state index in [-0.39, 0.29) is 29.5 Å². The van der Waals surface area contributed by atoms with Crippen molar-refractivity contribution in [1.82, 2.24) is 5.32 Å². The van der Waals surface area contributed by atoms with Crippen LogP contribution in [0.3, 0.4) is 0 Å². The van der Waals surface area contributed by atoms with Crippen molar-refractivity contribution in [2.45, 2.75) is 19.4 Å². The molecule has 0 fully saturated rings. The number of benzene rings is 1. The Morgan fingerprint density at radius 2 is 2.12 bits per heavy atom. The number of amides is 1. The zero-order valence-corrected chi connectivity index (χ0v) is 11.2.